The molecule has 1 saturated heterocycles. The lowest BCUT2D eigenvalue weighted by molar-refractivity contribution is 0.526. The molecule has 1 aromatic carbocycles. The van der Waals surface area contributed by atoms with E-state index in [0.717, 1.165) is 18.5 Å². The smallest absolute Gasteiger partial charge is 0.270 e. The highest BCUT2D eigenvalue weighted by Gasteiger charge is 2.26. The zero-order valence-corrected chi connectivity index (χ0v) is 16.6. The van der Waals surface area contributed by atoms with Crippen molar-refractivity contribution in [3.05, 3.63) is 63.3 Å². The zero-order valence-electron chi connectivity index (χ0n) is 15.8. The van der Waals surface area contributed by atoms with Crippen LogP contribution in [-0.2, 0) is 7.05 Å². The summed E-state index contributed by atoms with van der Waals surface area (Å²) in [6, 6.07) is 12.0. The van der Waals surface area contributed by atoms with E-state index in [1.54, 1.807) is 31.3 Å². The summed E-state index contributed by atoms with van der Waals surface area (Å²) in [6.07, 6.45) is 1.61. The molecule has 0 saturated carbocycles. The molecule has 2 aromatic heterocycles. The van der Waals surface area contributed by atoms with E-state index in [-0.39, 0.29) is 23.0 Å². The molecule has 0 spiro atoms. The monoisotopic (exact) mass is 411 g/mol. The number of aromatic nitrogens is 2. The number of aryl methyl sites for hydroxylation is 1. The molecule has 0 atom stereocenters. The van der Waals surface area contributed by atoms with E-state index in [1.165, 1.54) is 16.7 Å². The van der Waals surface area contributed by atoms with Gasteiger partial charge in [-0.05, 0) is 49.2 Å². The van der Waals surface area contributed by atoms with E-state index in [9.17, 15) is 14.4 Å². The van der Waals surface area contributed by atoms with Crippen LogP contribution in [0.5, 0.6) is 0 Å². The SMILES string of the molecule is Cn1c(=O)c(C#N)c(N2CCC(Nc3ccc(F)cc3)CC2)c2nc(Cl)ccc21. The van der Waals surface area contributed by atoms with Crippen molar-refractivity contribution in [1.82, 2.24) is 9.55 Å². The van der Waals surface area contributed by atoms with Gasteiger partial charge in [0.2, 0.25) is 0 Å². The van der Waals surface area contributed by atoms with Gasteiger partial charge >= 0.3 is 0 Å². The Morgan fingerprint density at radius 1 is 1.21 bits per heavy atom. The molecular formula is C21H19ClFN5O. The van der Waals surface area contributed by atoms with Gasteiger partial charge in [0, 0.05) is 31.9 Å². The van der Waals surface area contributed by atoms with E-state index >= 15 is 0 Å². The Hall–Kier alpha value is -3.11. The average Bonchev–Trinajstić information content (AvgIpc) is 2.73. The van der Waals surface area contributed by atoms with Crippen LogP contribution < -0.4 is 15.8 Å². The molecule has 29 heavy (non-hydrogen) atoms. The highest BCUT2D eigenvalue weighted by Crippen LogP contribution is 2.31. The minimum absolute atomic E-state index is 0.0831. The van der Waals surface area contributed by atoms with Gasteiger partial charge < -0.3 is 14.8 Å². The molecule has 0 aliphatic carbocycles. The first-order chi connectivity index (χ1) is 14.0. The number of nitrogens with zero attached hydrogens (tertiary/aromatic N) is 4. The number of hydrogen-bond acceptors (Lipinski definition) is 5. The summed E-state index contributed by atoms with van der Waals surface area (Å²) in [7, 11) is 1.63. The Kier molecular flexibility index (Phi) is 5.12. The summed E-state index contributed by atoms with van der Waals surface area (Å²) in [4.78, 5) is 19.2. The number of nitriles is 1. The molecule has 1 fully saturated rings. The van der Waals surface area contributed by atoms with Gasteiger partial charge in [-0.2, -0.15) is 5.26 Å². The number of pyridine rings is 2. The number of anilines is 2. The number of rotatable bonds is 3. The van der Waals surface area contributed by atoms with Crippen LogP contribution in [0.25, 0.3) is 11.0 Å². The highest BCUT2D eigenvalue weighted by atomic mass is 35.5. The Balaban J connectivity index is 1.63. The van der Waals surface area contributed by atoms with Crippen molar-refractivity contribution in [3.63, 3.8) is 0 Å². The quantitative estimate of drug-likeness (QED) is 0.665. The standard InChI is InChI=1S/C21H19ClFN5O/c1-27-17-6-7-18(22)26-19(17)20(16(12-24)21(27)29)28-10-8-15(9-11-28)25-14-4-2-13(23)3-5-14/h2-7,15,25H,8-11H2,1H3. The molecule has 0 amide bonds. The van der Waals surface area contributed by atoms with Gasteiger partial charge in [-0.15, -0.1) is 0 Å². The number of nitrogens with one attached hydrogen (secondary N) is 1. The Labute approximate surface area is 172 Å². The number of fused-ring (bicyclic) bond motifs is 1. The third-order valence-corrected chi connectivity index (χ3v) is 5.53. The predicted molar refractivity (Wildman–Crippen MR) is 112 cm³/mol. The molecule has 3 aromatic rings. The van der Waals surface area contributed by atoms with Crippen LogP contribution in [0.15, 0.2) is 41.2 Å². The molecule has 1 aliphatic heterocycles. The molecule has 148 valence electrons. The molecular weight excluding hydrogens is 393 g/mol. The molecule has 0 bridgehead atoms. The average molecular weight is 412 g/mol. The summed E-state index contributed by atoms with van der Waals surface area (Å²) in [5.74, 6) is -0.266. The van der Waals surface area contributed by atoms with Crippen molar-refractivity contribution in [2.24, 2.45) is 7.05 Å². The first-order valence-corrected chi connectivity index (χ1v) is 9.72. The molecule has 8 heteroatoms. The van der Waals surface area contributed by atoms with Gasteiger partial charge in [-0.3, -0.25) is 4.79 Å². The summed E-state index contributed by atoms with van der Waals surface area (Å²) in [5, 5.41) is 13.4. The second-order valence-electron chi connectivity index (χ2n) is 7.11. The fourth-order valence-electron chi connectivity index (χ4n) is 3.81. The molecule has 6 nitrogen and oxygen atoms in total. The van der Waals surface area contributed by atoms with Crippen molar-refractivity contribution < 1.29 is 4.39 Å². The topological polar surface area (TPSA) is 74.0 Å². The fraction of sp³-hybridized carbons (Fsp3) is 0.286. The van der Waals surface area contributed by atoms with E-state index in [0.29, 0.717) is 35.0 Å². The van der Waals surface area contributed by atoms with Crippen LogP contribution in [0.2, 0.25) is 5.15 Å². The molecule has 3 heterocycles. The molecule has 0 radical (unpaired) electrons. The number of piperidine rings is 1. The maximum Gasteiger partial charge on any atom is 0.270 e. The van der Waals surface area contributed by atoms with Crippen LogP contribution in [0.1, 0.15) is 18.4 Å². The van der Waals surface area contributed by atoms with Crippen molar-refractivity contribution in [3.8, 4) is 6.07 Å². The molecule has 1 aliphatic rings. The minimum Gasteiger partial charge on any atom is -0.382 e. The van der Waals surface area contributed by atoms with Crippen molar-refractivity contribution in [2.45, 2.75) is 18.9 Å². The maximum atomic E-state index is 13.1. The van der Waals surface area contributed by atoms with Gasteiger partial charge in [0.1, 0.15) is 28.1 Å². The van der Waals surface area contributed by atoms with E-state index in [2.05, 4.69) is 16.4 Å². The highest BCUT2D eigenvalue weighted by molar-refractivity contribution is 6.29. The van der Waals surface area contributed by atoms with Gasteiger partial charge in [0.05, 0.1) is 11.2 Å². The van der Waals surface area contributed by atoms with E-state index in [4.69, 9.17) is 11.6 Å². The van der Waals surface area contributed by atoms with Crippen molar-refractivity contribution in [1.29, 1.82) is 5.26 Å². The van der Waals surface area contributed by atoms with Crippen molar-refractivity contribution >= 4 is 34.0 Å². The minimum atomic E-state index is -0.342. The second kappa shape index (κ2) is 7.72. The summed E-state index contributed by atoms with van der Waals surface area (Å²) in [6.45, 7) is 1.31. The van der Waals surface area contributed by atoms with Crippen LogP contribution in [0, 0.1) is 17.1 Å². The fourth-order valence-corrected chi connectivity index (χ4v) is 3.96. The largest absolute Gasteiger partial charge is 0.382 e. The van der Waals surface area contributed by atoms with Gasteiger partial charge in [0.15, 0.2) is 0 Å². The summed E-state index contributed by atoms with van der Waals surface area (Å²) >= 11 is 6.11. The van der Waals surface area contributed by atoms with Gasteiger partial charge in [-0.25, -0.2) is 9.37 Å². The lowest BCUT2D eigenvalue weighted by Crippen LogP contribution is -2.40. The normalized spacial score (nSPS) is 14.8. The number of benzene rings is 1. The Morgan fingerprint density at radius 2 is 1.90 bits per heavy atom. The van der Waals surface area contributed by atoms with Crippen LogP contribution in [0.3, 0.4) is 0 Å². The third-order valence-electron chi connectivity index (χ3n) is 5.32. The summed E-state index contributed by atoms with van der Waals surface area (Å²) < 4.78 is 14.5. The van der Waals surface area contributed by atoms with Crippen molar-refractivity contribution in [2.75, 3.05) is 23.3 Å². The lowest BCUT2D eigenvalue weighted by Gasteiger charge is -2.35. The van der Waals surface area contributed by atoms with Crippen LogP contribution in [0.4, 0.5) is 15.8 Å². The lowest BCUT2D eigenvalue weighted by atomic mass is 10.0. The molecule has 4 rings (SSSR count). The second-order valence-corrected chi connectivity index (χ2v) is 7.50. The van der Waals surface area contributed by atoms with E-state index in [1.807, 2.05) is 4.90 Å². The maximum absolute atomic E-state index is 13.1. The van der Waals surface area contributed by atoms with Crippen LogP contribution in [-0.4, -0.2) is 28.7 Å². The molecule has 0 unspecified atom stereocenters. The first-order valence-electron chi connectivity index (χ1n) is 9.34. The number of halogens is 2. The number of hydrogen-bond donors (Lipinski definition) is 1. The third kappa shape index (κ3) is 3.64. The summed E-state index contributed by atoms with van der Waals surface area (Å²) in [5.41, 5.74) is 2.36. The van der Waals surface area contributed by atoms with Gasteiger partial charge in [0.25, 0.3) is 5.56 Å². The zero-order chi connectivity index (χ0) is 20.5. The molecule has 1 N–H and O–H groups in total. The van der Waals surface area contributed by atoms with Gasteiger partial charge in [-0.1, -0.05) is 11.6 Å². The van der Waals surface area contributed by atoms with Crippen LogP contribution >= 0.6 is 11.6 Å². The Bertz CT molecular complexity index is 1160. The predicted octanol–water partition coefficient (Wildman–Crippen LogP) is 3.68. The Morgan fingerprint density at radius 3 is 2.55 bits per heavy atom. The van der Waals surface area contributed by atoms with E-state index < -0.39 is 0 Å². The first kappa shape index (κ1) is 19.2.